The van der Waals surface area contributed by atoms with Crippen LogP contribution in [0.1, 0.15) is 35.7 Å². The molecule has 5 nitrogen and oxygen atoms in total. The van der Waals surface area contributed by atoms with Gasteiger partial charge in [0.25, 0.3) is 5.91 Å². The maximum Gasteiger partial charge on any atom is 0.255 e. The van der Waals surface area contributed by atoms with Crippen LogP contribution in [0.4, 0.5) is 5.69 Å². The summed E-state index contributed by atoms with van der Waals surface area (Å²) in [7, 11) is 0. The topological polar surface area (TPSA) is 60.5 Å². The fourth-order valence-corrected chi connectivity index (χ4v) is 2.59. The average molecular weight is 376 g/mol. The van der Waals surface area contributed by atoms with Crippen molar-refractivity contribution in [2.75, 3.05) is 11.9 Å². The van der Waals surface area contributed by atoms with Gasteiger partial charge in [-0.25, -0.2) is 0 Å². The van der Waals surface area contributed by atoms with E-state index >= 15 is 0 Å². The van der Waals surface area contributed by atoms with Crippen molar-refractivity contribution in [1.82, 2.24) is 4.98 Å². The van der Waals surface area contributed by atoms with E-state index in [0.29, 0.717) is 36.0 Å². The Bertz CT molecular complexity index is 897. The van der Waals surface area contributed by atoms with Gasteiger partial charge in [0.1, 0.15) is 18.1 Å². The maximum atomic E-state index is 12.7. The molecule has 3 rings (SSSR count). The molecule has 5 heteroatoms. The molecule has 0 unspecified atom stereocenters. The van der Waals surface area contributed by atoms with Crippen molar-refractivity contribution in [3.8, 4) is 11.5 Å². The lowest BCUT2D eigenvalue weighted by Gasteiger charge is -2.13. The van der Waals surface area contributed by atoms with Crippen LogP contribution in [0.25, 0.3) is 0 Å². The van der Waals surface area contributed by atoms with E-state index < -0.39 is 0 Å². The summed E-state index contributed by atoms with van der Waals surface area (Å²) < 4.78 is 11.6. The Morgan fingerprint density at radius 2 is 1.93 bits per heavy atom. The van der Waals surface area contributed by atoms with Crippen LogP contribution >= 0.6 is 0 Å². The number of ether oxygens (including phenoxy) is 2. The number of para-hydroxylation sites is 2. The summed E-state index contributed by atoms with van der Waals surface area (Å²) in [5, 5.41) is 2.93. The fraction of sp³-hybridized carbons (Fsp3) is 0.217. The van der Waals surface area contributed by atoms with E-state index in [2.05, 4.69) is 17.2 Å². The Balaban J connectivity index is 1.65. The minimum absolute atomic E-state index is 0.210. The Labute approximate surface area is 165 Å². The first-order chi connectivity index (χ1) is 13.8. The van der Waals surface area contributed by atoms with Gasteiger partial charge in [-0.1, -0.05) is 37.6 Å². The van der Waals surface area contributed by atoms with Crippen molar-refractivity contribution in [2.24, 2.45) is 0 Å². The molecule has 28 heavy (non-hydrogen) atoms. The van der Waals surface area contributed by atoms with Crippen molar-refractivity contribution < 1.29 is 14.3 Å². The summed E-state index contributed by atoms with van der Waals surface area (Å²) in [6, 6.07) is 18.4. The number of rotatable bonds is 9. The zero-order valence-corrected chi connectivity index (χ0v) is 15.9. The van der Waals surface area contributed by atoms with Crippen LogP contribution < -0.4 is 14.8 Å². The standard InChI is InChI=1S/C23H24N2O3/c1-2-3-14-27-22-12-5-4-11-21(22)25-23(26)19-9-6-10-20(15-19)28-17-18-8-7-13-24-16-18/h4-13,15-16H,2-3,14,17H2,1H3,(H,25,26). The minimum Gasteiger partial charge on any atom is -0.491 e. The van der Waals surface area contributed by atoms with E-state index in [1.54, 1.807) is 30.6 Å². The lowest BCUT2D eigenvalue weighted by molar-refractivity contribution is 0.102. The Morgan fingerprint density at radius 3 is 2.75 bits per heavy atom. The summed E-state index contributed by atoms with van der Waals surface area (Å²) in [5.41, 5.74) is 2.15. The van der Waals surface area contributed by atoms with Crippen LogP contribution in [0.2, 0.25) is 0 Å². The van der Waals surface area contributed by atoms with E-state index in [-0.39, 0.29) is 5.91 Å². The van der Waals surface area contributed by atoms with Crippen molar-refractivity contribution in [3.05, 3.63) is 84.2 Å². The number of nitrogens with zero attached hydrogens (tertiary/aromatic N) is 1. The summed E-state index contributed by atoms with van der Waals surface area (Å²) in [4.78, 5) is 16.8. The normalized spacial score (nSPS) is 10.3. The van der Waals surface area contributed by atoms with Crippen LogP contribution in [0.5, 0.6) is 11.5 Å². The number of aromatic nitrogens is 1. The number of amides is 1. The molecule has 0 bridgehead atoms. The molecule has 1 aromatic heterocycles. The summed E-state index contributed by atoms with van der Waals surface area (Å²) in [5.74, 6) is 1.09. The Kier molecular flexibility index (Phi) is 7.01. The number of unbranched alkanes of at least 4 members (excludes halogenated alkanes) is 1. The number of hydrogen-bond donors (Lipinski definition) is 1. The SMILES string of the molecule is CCCCOc1ccccc1NC(=O)c1cccc(OCc2cccnc2)c1. The third-order valence-corrected chi connectivity index (χ3v) is 4.12. The predicted octanol–water partition coefficient (Wildman–Crippen LogP) is 5.09. The van der Waals surface area contributed by atoms with Gasteiger partial charge in [-0.2, -0.15) is 0 Å². The van der Waals surface area contributed by atoms with Crippen LogP contribution in [0.3, 0.4) is 0 Å². The number of nitrogens with one attached hydrogen (secondary N) is 1. The van der Waals surface area contributed by atoms with E-state index in [0.717, 1.165) is 18.4 Å². The zero-order chi connectivity index (χ0) is 19.6. The highest BCUT2D eigenvalue weighted by Crippen LogP contribution is 2.25. The van der Waals surface area contributed by atoms with Crippen molar-refractivity contribution >= 4 is 11.6 Å². The number of hydrogen-bond acceptors (Lipinski definition) is 4. The van der Waals surface area contributed by atoms with Gasteiger partial charge in [0.2, 0.25) is 0 Å². The first-order valence-electron chi connectivity index (χ1n) is 9.41. The minimum atomic E-state index is -0.210. The molecule has 0 saturated carbocycles. The molecular formula is C23H24N2O3. The second-order valence-corrected chi connectivity index (χ2v) is 6.33. The summed E-state index contributed by atoms with van der Waals surface area (Å²) >= 11 is 0. The lowest BCUT2D eigenvalue weighted by atomic mass is 10.2. The monoisotopic (exact) mass is 376 g/mol. The lowest BCUT2D eigenvalue weighted by Crippen LogP contribution is -2.13. The molecule has 0 aliphatic carbocycles. The molecule has 0 saturated heterocycles. The van der Waals surface area contributed by atoms with Crippen LogP contribution in [-0.2, 0) is 6.61 Å². The zero-order valence-electron chi connectivity index (χ0n) is 15.9. The third kappa shape index (κ3) is 5.58. The number of benzene rings is 2. The van der Waals surface area contributed by atoms with E-state index in [1.807, 2.05) is 42.5 Å². The molecule has 0 atom stereocenters. The molecule has 0 aliphatic rings. The first-order valence-corrected chi connectivity index (χ1v) is 9.41. The average Bonchev–Trinajstić information content (AvgIpc) is 2.74. The molecule has 1 heterocycles. The van der Waals surface area contributed by atoms with Gasteiger partial charge < -0.3 is 14.8 Å². The highest BCUT2D eigenvalue weighted by atomic mass is 16.5. The summed E-state index contributed by atoms with van der Waals surface area (Å²) in [6.07, 6.45) is 5.50. The van der Waals surface area contributed by atoms with Crippen LogP contribution in [0, 0.1) is 0 Å². The van der Waals surface area contributed by atoms with Crippen molar-refractivity contribution in [2.45, 2.75) is 26.4 Å². The molecular weight excluding hydrogens is 352 g/mol. The molecule has 144 valence electrons. The van der Waals surface area contributed by atoms with Gasteiger partial charge in [-0.05, 0) is 42.8 Å². The van der Waals surface area contributed by atoms with Crippen LogP contribution in [0.15, 0.2) is 73.1 Å². The molecule has 3 aromatic rings. The second kappa shape index (κ2) is 10.1. The van der Waals surface area contributed by atoms with Gasteiger partial charge in [0.05, 0.1) is 12.3 Å². The largest absolute Gasteiger partial charge is 0.491 e. The van der Waals surface area contributed by atoms with E-state index in [1.165, 1.54) is 0 Å². The fourth-order valence-electron chi connectivity index (χ4n) is 2.59. The quantitative estimate of drug-likeness (QED) is 0.528. The number of carbonyl (C=O) groups excluding carboxylic acids is 1. The van der Waals surface area contributed by atoms with Gasteiger partial charge >= 0.3 is 0 Å². The number of anilines is 1. The maximum absolute atomic E-state index is 12.7. The first kappa shape index (κ1) is 19.4. The highest BCUT2D eigenvalue weighted by molar-refractivity contribution is 6.05. The smallest absolute Gasteiger partial charge is 0.255 e. The second-order valence-electron chi connectivity index (χ2n) is 6.33. The van der Waals surface area contributed by atoms with E-state index in [4.69, 9.17) is 9.47 Å². The molecule has 1 amide bonds. The predicted molar refractivity (Wildman–Crippen MR) is 110 cm³/mol. The number of carbonyl (C=O) groups is 1. The van der Waals surface area contributed by atoms with Gasteiger partial charge in [-0.3, -0.25) is 9.78 Å². The van der Waals surface area contributed by atoms with Crippen molar-refractivity contribution in [1.29, 1.82) is 0 Å². The molecule has 0 radical (unpaired) electrons. The Hall–Kier alpha value is -3.34. The molecule has 2 aromatic carbocycles. The van der Waals surface area contributed by atoms with Crippen LogP contribution in [-0.4, -0.2) is 17.5 Å². The summed E-state index contributed by atoms with van der Waals surface area (Å²) in [6.45, 7) is 3.13. The van der Waals surface area contributed by atoms with E-state index in [9.17, 15) is 4.79 Å². The highest BCUT2D eigenvalue weighted by Gasteiger charge is 2.11. The molecule has 1 N–H and O–H groups in total. The molecule has 0 spiro atoms. The van der Waals surface area contributed by atoms with Gasteiger partial charge in [0.15, 0.2) is 0 Å². The van der Waals surface area contributed by atoms with Crippen molar-refractivity contribution in [3.63, 3.8) is 0 Å². The van der Waals surface area contributed by atoms with Gasteiger partial charge in [-0.15, -0.1) is 0 Å². The number of pyridine rings is 1. The Morgan fingerprint density at radius 1 is 1.04 bits per heavy atom. The third-order valence-electron chi connectivity index (χ3n) is 4.12. The molecule has 0 fully saturated rings. The molecule has 0 aliphatic heterocycles. The van der Waals surface area contributed by atoms with Gasteiger partial charge in [0, 0.05) is 23.5 Å².